The molecule has 2 fully saturated rings. The molecule has 0 spiro atoms. The average molecular weight is 557 g/mol. The maximum atomic E-state index is 12.5. The van der Waals surface area contributed by atoms with Gasteiger partial charge < -0.3 is 25.6 Å². The van der Waals surface area contributed by atoms with Gasteiger partial charge in [0, 0.05) is 38.8 Å². The highest BCUT2D eigenvalue weighted by atomic mass is 127. The summed E-state index contributed by atoms with van der Waals surface area (Å²) in [5.41, 5.74) is 1.64. The molecule has 2 aliphatic rings. The molecular weight excluding hydrogens is 521 g/mol. The van der Waals surface area contributed by atoms with Gasteiger partial charge in [0.05, 0.1) is 19.3 Å². The minimum Gasteiger partial charge on any atom is -0.376 e. The lowest BCUT2D eigenvalue weighted by Gasteiger charge is -2.26. The van der Waals surface area contributed by atoms with Crippen molar-refractivity contribution in [2.45, 2.75) is 51.2 Å². The van der Waals surface area contributed by atoms with Crippen molar-refractivity contribution in [3.05, 3.63) is 35.4 Å². The van der Waals surface area contributed by atoms with E-state index in [0.717, 1.165) is 11.5 Å². The molecule has 0 aromatic heterocycles. The highest BCUT2D eigenvalue weighted by Crippen LogP contribution is 2.19. The third-order valence-corrected chi connectivity index (χ3v) is 5.76. The minimum atomic E-state index is -0.112. The van der Waals surface area contributed by atoms with Crippen molar-refractivity contribution >= 4 is 41.8 Å². The Kier molecular flexibility index (Phi) is 11.8. The van der Waals surface area contributed by atoms with Gasteiger partial charge in [-0.05, 0) is 30.5 Å². The summed E-state index contributed by atoms with van der Waals surface area (Å²) in [5, 5.41) is 9.31. The second kappa shape index (κ2) is 14.3. The molecule has 0 radical (unpaired) electrons. The van der Waals surface area contributed by atoms with E-state index in [9.17, 15) is 9.59 Å². The molecule has 2 amide bonds. The zero-order chi connectivity index (χ0) is 21.9. The van der Waals surface area contributed by atoms with Crippen LogP contribution in [-0.4, -0.2) is 68.6 Å². The number of rotatable bonds is 7. The number of ether oxygens (including phenoxy) is 1. The van der Waals surface area contributed by atoms with Crippen molar-refractivity contribution < 1.29 is 14.3 Å². The number of nitrogens with one attached hydrogen (secondary N) is 3. The fourth-order valence-corrected chi connectivity index (χ4v) is 3.97. The van der Waals surface area contributed by atoms with Gasteiger partial charge in [-0.1, -0.05) is 37.8 Å². The van der Waals surface area contributed by atoms with E-state index in [-0.39, 0.29) is 42.3 Å². The number of hydrogen-bond donors (Lipinski definition) is 3. The molecule has 0 bridgehead atoms. The first-order valence-corrected chi connectivity index (χ1v) is 11.4. The number of nitrogens with zero attached hydrogens (tertiary/aromatic N) is 2. The van der Waals surface area contributed by atoms with Gasteiger partial charge in [0.25, 0.3) is 5.91 Å². The predicted molar refractivity (Wildman–Crippen MR) is 136 cm³/mol. The van der Waals surface area contributed by atoms with E-state index in [2.05, 4.69) is 20.9 Å². The highest BCUT2D eigenvalue weighted by molar-refractivity contribution is 14.0. The Morgan fingerprint density at radius 1 is 1.16 bits per heavy atom. The van der Waals surface area contributed by atoms with Crippen LogP contribution in [0.15, 0.2) is 29.3 Å². The number of benzene rings is 1. The van der Waals surface area contributed by atoms with Crippen molar-refractivity contribution in [2.75, 3.05) is 39.8 Å². The first kappa shape index (κ1) is 26.4. The van der Waals surface area contributed by atoms with Gasteiger partial charge in [0.2, 0.25) is 5.91 Å². The topological polar surface area (TPSA) is 95.1 Å². The summed E-state index contributed by atoms with van der Waals surface area (Å²) in [7, 11) is 1.75. The molecule has 1 aromatic rings. The molecule has 1 saturated heterocycles. The maximum absolute atomic E-state index is 12.5. The SMILES string of the molecule is CN=C(NCCOC1CCCCCC1)NCc1ccc(C(=O)N2CCNC(=O)C2)cc1.I. The number of aliphatic imine (C=N–C) groups is 1. The number of carbonyl (C=O) groups is 2. The van der Waals surface area contributed by atoms with Crippen LogP contribution in [0.3, 0.4) is 0 Å². The number of piperazine rings is 1. The van der Waals surface area contributed by atoms with E-state index in [1.807, 2.05) is 24.3 Å². The normalized spacial score (nSPS) is 17.7. The standard InChI is InChI=1S/C23H35N5O3.HI/c1-24-23(26-13-15-31-20-6-4-2-3-5-7-20)27-16-18-8-10-19(11-9-18)22(30)28-14-12-25-21(29)17-28;/h8-11,20H,2-7,12-17H2,1H3,(H,25,29)(H2,24,26,27);1H. The van der Waals surface area contributed by atoms with Crippen LogP contribution in [0.2, 0.25) is 0 Å². The van der Waals surface area contributed by atoms with Gasteiger partial charge in [-0.25, -0.2) is 0 Å². The van der Waals surface area contributed by atoms with Crippen molar-refractivity contribution in [3.8, 4) is 0 Å². The maximum Gasteiger partial charge on any atom is 0.254 e. The van der Waals surface area contributed by atoms with E-state index in [0.29, 0.717) is 44.5 Å². The van der Waals surface area contributed by atoms with E-state index in [1.165, 1.54) is 38.5 Å². The van der Waals surface area contributed by atoms with Crippen LogP contribution in [0.25, 0.3) is 0 Å². The quantitative estimate of drug-likeness (QED) is 0.157. The van der Waals surface area contributed by atoms with E-state index < -0.39 is 0 Å². The smallest absolute Gasteiger partial charge is 0.254 e. The van der Waals surface area contributed by atoms with Gasteiger partial charge in [-0.2, -0.15) is 0 Å². The van der Waals surface area contributed by atoms with Gasteiger partial charge in [0.1, 0.15) is 0 Å². The third kappa shape index (κ3) is 8.57. The van der Waals surface area contributed by atoms with Gasteiger partial charge >= 0.3 is 0 Å². The highest BCUT2D eigenvalue weighted by Gasteiger charge is 2.22. The Morgan fingerprint density at radius 3 is 2.53 bits per heavy atom. The number of hydrogen-bond acceptors (Lipinski definition) is 4. The first-order valence-electron chi connectivity index (χ1n) is 11.4. The van der Waals surface area contributed by atoms with Crippen LogP contribution in [0.5, 0.6) is 0 Å². The van der Waals surface area contributed by atoms with E-state index in [1.54, 1.807) is 11.9 Å². The van der Waals surface area contributed by atoms with Gasteiger partial charge in [-0.3, -0.25) is 14.6 Å². The summed E-state index contributed by atoms with van der Waals surface area (Å²) in [6.45, 7) is 3.16. The van der Waals surface area contributed by atoms with Gasteiger partial charge in [0.15, 0.2) is 5.96 Å². The van der Waals surface area contributed by atoms with Crippen LogP contribution in [0, 0.1) is 0 Å². The van der Waals surface area contributed by atoms with Crippen LogP contribution < -0.4 is 16.0 Å². The number of halogens is 1. The number of carbonyl (C=O) groups excluding carboxylic acids is 2. The molecule has 8 nitrogen and oxygen atoms in total. The summed E-state index contributed by atoms with van der Waals surface area (Å²) in [6.07, 6.45) is 7.98. The summed E-state index contributed by atoms with van der Waals surface area (Å²) in [4.78, 5) is 29.9. The lowest BCUT2D eigenvalue weighted by molar-refractivity contribution is -0.123. The molecule has 1 aromatic carbocycles. The minimum absolute atomic E-state index is 0. The fraction of sp³-hybridized carbons (Fsp3) is 0.609. The van der Waals surface area contributed by atoms with E-state index >= 15 is 0 Å². The number of amides is 2. The zero-order valence-electron chi connectivity index (χ0n) is 18.9. The molecule has 1 aliphatic carbocycles. The lowest BCUT2D eigenvalue weighted by atomic mass is 10.1. The molecule has 32 heavy (non-hydrogen) atoms. The van der Waals surface area contributed by atoms with Crippen molar-refractivity contribution in [2.24, 2.45) is 4.99 Å². The largest absolute Gasteiger partial charge is 0.376 e. The van der Waals surface area contributed by atoms with Crippen molar-refractivity contribution in [1.82, 2.24) is 20.9 Å². The predicted octanol–water partition coefficient (Wildman–Crippen LogP) is 2.28. The Bertz CT molecular complexity index is 749. The van der Waals surface area contributed by atoms with E-state index in [4.69, 9.17) is 4.74 Å². The number of guanidine groups is 1. The zero-order valence-corrected chi connectivity index (χ0v) is 21.2. The van der Waals surface area contributed by atoms with Crippen LogP contribution in [0.1, 0.15) is 54.4 Å². The Morgan fingerprint density at radius 2 is 1.88 bits per heavy atom. The molecule has 0 unspecified atom stereocenters. The summed E-state index contributed by atoms with van der Waals surface area (Å²) in [5.74, 6) is 0.503. The molecule has 1 aliphatic heterocycles. The van der Waals surface area contributed by atoms with Gasteiger partial charge in [-0.15, -0.1) is 24.0 Å². The summed E-state index contributed by atoms with van der Waals surface area (Å²) < 4.78 is 6.01. The Hall–Kier alpha value is -1.88. The van der Waals surface area contributed by atoms with Crippen molar-refractivity contribution in [3.63, 3.8) is 0 Å². The fourth-order valence-electron chi connectivity index (χ4n) is 3.97. The van der Waals surface area contributed by atoms with Crippen molar-refractivity contribution in [1.29, 1.82) is 0 Å². The molecular formula is C23H36IN5O3. The second-order valence-corrected chi connectivity index (χ2v) is 8.11. The Balaban J connectivity index is 0.00000363. The average Bonchev–Trinajstić information content (AvgIpc) is 3.07. The Labute approximate surface area is 208 Å². The monoisotopic (exact) mass is 557 g/mol. The summed E-state index contributed by atoms with van der Waals surface area (Å²) >= 11 is 0. The molecule has 1 saturated carbocycles. The molecule has 1 heterocycles. The lowest BCUT2D eigenvalue weighted by Crippen LogP contribution is -2.49. The van der Waals surface area contributed by atoms with Crippen LogP contribution in [0.4, 0.5) is 0 Å². The first-order chi connectivity index (χ1) is 15.2. The molecule has 9 heteroatoms. The molecule has 0 atom stereocenters. The van der Waals surface area contributed by atoms with Crippen LogP contribution in [-0.2, 0) is 16.1 Å². The summed E-state index contributed by atoms with van der Waals surface area (Å²) in [6, 6.07) is 7.46. The molecule has 178 valence electrons. The molecule has 3 N–H and O–H groups in total. The third-order valence-electron chi connectivity index (χ3n) is 5.76. The van der Waals surface area contributed by atoms with Crippen LogP contribution >= 0.6 is 24.0 Å². The second-order valence-electron chi connectivity index (χ2n) is 8.11. The molecule has 3 rings (SSSR count).